The molecule has 10 heteroatoms. The first-order valence-electron chi connectivity index (χ1n) is 6.18. The number of hydrogen-bond acceptors (Lipinski definition) is 8. The number of benzene rings is 1. The molecular formula is C12H14FN5O4. The summed E-state index contributed by atoms with van der Waals surface area (Å²) in [4.78, 5) is 15.9. The molecule has 0 saturated carbocycles. The Morgan fingerprint density at radius 1 is 1.50 bits per heavy atom. The average molecular weight is 311 g/mol. The predicted molar refractivity (Wildman–Crippen MR) is 75.6 cm³/mol. The Morgan fingerprint density at radius 2 is 2.23 bits per heavy atom. The van der Waals surface area contributed by atoms with Crippen LogP contribution in [0.5, 0.6) is 5.75 Å². The fraction of sp³-hybridized carbons (Fsp3) is 0.333. The van der Waals surface area contributed by atoms with E-state index in [1.807, 2.05) is 0 Å². The fourth-order valence-electron chi connectivity index (χ4n) is 1.68. The molecule has 0 amide bonds. The number of nitrogens with zero attached hydrogens (tertiary/aromatic N) is 4. The zero-order valence-electron chi connectivity index (χ0n) is 12.2. The number of rotatable bonds is 6. The van der Waals surface area contributed by atoms with Gasteiger partial charge in [0.2, 0.25) is 11.7 Å². The van der Waals surface area contributed by atoms with E-state index in [4.69, 9.17) is 9.26 Å². The molecule has 9 nitrogen and oxygen atoms in total. The first-order valence-corrected chi connectivity index (χ1v) is 6.18. The SMILES string of the molecule is COc1cc(F)c([N+](=O)[O-])c(NCc2nc(N(C)C)no2)c1. The molecule has 22 heavy (non-hydrogen) atoms. The minimum atomic E-state index is -0.994. The molecule has 1 N–H and O–H groups in total. The largest absolute Gasteiger partial charge is 0.497 e. The van der Waals surface area contributed by atoms with E-state index in [0.29, 0.717) is 5.95 Å². The molecule has 0 unspecified atom stereocenters. The summed E-state index contributed by atoms with van der Waals surface area (Å²) in [6.07, 6.45) is 0. The highest BCUT2D eigenvalue weighted by molar-refractivity contribution is 5.65. The molecule has 1 aromatic heterocycles. The summed E-state index contributed by atoms with van der Waals surface area (Å²) in [5, 5.41) is 17.4. The standard InChI is InChI=1S/C12H14FN5O4/c1-17(2)12-15-10(22-16-12)6-14-9-5-7(21-3)4-8(13)11(9)18(19)20/h4-5,14H,6H2,1-3H3. The van der Waals surface area contributed by atoms with Crippen molar-refractivity contribution in [1.82, 2.24) is 10.1 Å². The van der Waals surface area contributed by atoms with Gasteiger partial charge in [0.1, 0.15) is 11.4 Å². The third-order valence-corrected chi connectivity index (χ3v) is 2.74. The molecule has 0 aliphatic heterocycles. The Bertz CT molecular complexity index is 688. The van der Waals surface area contributed by atoms with Gasteiger partial charge in [0.15, 0.2) is 0 Å². The fourth-order valence-corrected chi connectivity index (χ4v) is 1.68. The van der Waals surface area contributed by atoms with Crippen molar-refractivity contribution in [3.8, 4) is 5.75 Å². The first kappa shape index (κ1) is 15.5. The van der Waals surface area contributed by atoms with E-state index in [9.17, 15) is 14.5 Å². The lowest BCUT2D eigenvalue weighted by atomic mass is 10.2. The number of methoxy groups -OCH3 is 1. The molecule has 0 saturated heterocycles. The van der Waals surface area contributed by atoms with Gasteiger partial charge in [0.25, 0.3) is 5.95 Å². The number of nitro groups is 1. The van der Waals surface area contributed by atoms with E-state index in [1.165, 1.54) is 13.2 Å². The van der Waals surface area contributed by atoms with Crippen LogP contribution in [0.15, 0.2) is 16.7 Å². The van der Waals surface area contributed by atoms with Gasteiger partial charge in [-0.15, -0.1) is 0 Å². The number of halogens is 1. The molecule has 0 aliphatic rings. The summed E-state index contributed by atoms with van der Waals surface area (Å²) in [5.74, 6) is -0.263. The highest BCUT2D eigenvalue weighted by Crippen LogP contribution is 2.32. The molecule has 0 spiro atoms. The van der Waals surface area contributed by atoms with E-state index in [2.05, 4.69) is 15.5 Å². The van der Waals surface area contributed by atoms with Crippen molar-refractivity contribution in [2.45, 2.75) is 6.54 Å². The zero-order chi connectivity index (χ0) is 16.3. The molecule has 1 heterocycles. The molecule has 0 atom stereocenters. The highest BCUT2D eigenvalue weighted by Gasteiger charge is 2.22. The van der Waals surface area contributed by atoms with Crippen molar-refractivity contribution in [3.05, 3.63) is 34.0 Å². The maximum Gasteiger partial charge on any atom is 0.327 e. The second-order valence-electron chi connectivity index (χ2n) is 4.50. The maximum absolute atomic E-state index is 13.8. The summed E-state index contributed by atoms with van der Waals surface area (Å²) in [7, 11) is 4.82. The molecule has 0 fully saturated rings. The topological polar surface area (TPSA) is 107 Å². The zero-order valence-corrected chi connectivity index (χ0v) is 12.2. The van der Waals surface area contributed by atoms with Crippen LogP contribution in [-0.2, 0) is 6.54 Å². The summed E-state index contributed by atoms with van der Waals surface area (Å²) in [6, 6.07) is 2.27. The monoisotopic (exact) mass is 311 g/mol. The van der Waals surface area contributed by atoms with Gasteiger partial charge in [0, 0.05) is 26.2 Å². The average Bonchev–Trinajstić information content (AvgIpc) is 2.93. The molecule has 2 rings (SSSR count). The van der Waals surface area contributed by atoms with E-state index >= 15 is 0 Å². The Kier molecular flexibility index (Phi) is 4.39. The van der Waals surface area contributed by atoms with Crippen molar-refractivity contribution < 1.29 is 18.6 Å². The third-order valence-electron chi connectivity index (χ3n) is 2.74. The minimum absolute atomic E-state index is 0.00822. The van der Waals surface area contributed by atoms with Crippen LogP contribution in [0.3, 0.4) is 0 Å². The minimum Gasteiger partial charge on any atom is -0.497 e. The molecular weight excluding hydrogens is 297 g/mol. The van der Waals surface area contributed by atoms with E-state index < -0.39 is 16.4 Å². The van der Waals surface area contributed by atoms with Crippen LogP contribution in [0.1, 0.15) is 5.89 Å². The van der Waals surface area contributed by atoms with E-state index in [0.717, 1.165) is 6.07 Å². The third kappa shape index (κ3) is 3.22. The second kappa shape index (κ2) is 6.24. The number of ether oxygens (including phenoxy) is 1. The van der Waals surface area contributed by atoms with Gasteiger partial charge in [0.05, 0.1) is 18.6 Å². The van der Waals surface area contributed by atoms with Crippen molar-refractivity contribution in [3.63, 3.8) is 0 Å². The van der Waals surface area contributed by atoms with Gasteiger partial charge in [-0.1, -0.05) is 0 Å². The normalized spacial score (nSPS) is 10.4. The maximum atomic E-state index is 13.8. The number of nitro benzene ring substituents is 1. The van der Waals surface area contributed by atoms with Crippen molar-refractivity contribution in [1.29, 1.82) is 0 Å². The van der Waals surface area contributed by atoms with E-state index in [1.54, 1.807) is 19.0 Å². The summed E-state index contributed by atoms with van der Waals surface area (Å²) >= 11 is 0. The van der Waals surface area contributed by atoms with Gasteiger partial charge < -0.3 is 19.5 Å². The number of aromatic nitrogens is 2. The second-order valence-corrected chi connectivity index (χ2v) is 4.50. The first-order chi connectivity index (χ1) is 10.4. The Labute approximate surface area is 124 Å². The van der Waals surface area contributed by atoms with Gasteiger partial charge >= 0.3 is 5.69 Å². The van der Waals surface area contributed by atoms with Gasteiger partial charge in [-0.05, 0) is 5.16 Å². The summed E-state index contributed by atoms with van der Waals surface area (Å²) in [6.45, 7) is 0.00822. The molecule has 0 radical (unpaired) electrons. The lowest BCUT2D eigenvalue weighted by Crippen LogP contribution is -2.10. The van der Waals surface area contributed by atoms with Crippen LogP contribution in [-0.4, -0.2) is 36.3 Å². The molecule has 118 valence electrons. The number of anilines is 2. The van der Waals surface area contributed by atoms with Crippen LogP contribution in [0.25, 0.3) is 0 Å². The molecule has 2 aromatic rings. The number of nitrogens with one attached hydrogen (secondary N) is 1. The van der Waals surface area contributed by atoms with Crippen LogP contribution in [0.4, 0.5) is 21.7 Å². The van der Waals surface area contributed by atoms with Crippen molar-refractivity contribution >= 4 is 17.3 Å². The summed E-state index contributed by atoms with van der Waals surface area (Å²) < 4.78 is 23.6. The summed E-state index contributed by atoms with van der Waals surface area (Å²) in [5.41, 5.74) is -0.709. The lowest BCUT2D eigenvalue weighted by Gasteiger charge is -2.08. The Hall–Kier alpha value is -2.91. The molecule has 0 bridgehead atoms. The quantitative estimate of drug-likeness (QED) is 0.635. The molecule has 0 aliphatic carbocycles. The van der Waals surface area contributed by atoms with E-state index in [-0.39, 0.29) is 23.9 Å². The van der Waals surface area contributed by atoms with Crippen LogP contribution in [0, 0.1) is 15.9 Å². The van der Waals surface area contributed by atoms with Gasteiger partial charge in [-0.3, -0.25) is 10.1 Å². The van der Waals surface area contributed by atoms with Crippen LogP contribution < -0.4 is 15.0 Å². The Balaban J connectivity index is 2.23. The van der Waals surface area contributed by atoms with Crippen molar-refractivity contribution in [2.75, 3.05) is 31.4 Å². The highest BCUT2D eigenvalue weighted by atomic mass is 19.1. The molecule has 1 aromatic carbocycles. The number of hydrogen-bond donors (Lipinski definition) is 1. The van der Waals surface area contributed by atoms with Crippen LogP contribution >= 0.6 is 0 Å². The Morgan fingerprint density at radius 3 is 2.77 bits per heavy atom. The smallest absolute Gasteiger partial charge is 0.327 e. The van der Waals surface area contributed by atoms with Gasteiger partial charge in [-0.25, -0.2) is 0 Å². The predicted octanol–water partition coefficient (Wildman–Crippen LogP) is 1.80. The lowest BCUT2D eigenvalue weighted by molar-refractivity contribution is -0.386. The van der Waals surface area contributed by atoms with Gasteiger partial charge in [-0.2, -0.15) is 9.37 Å². The van der Waals surface area contributed by atoms with Crippen LogP contribution in [0.2, 0.25) is 0 Å². The van der Waals surface area contributed by atoms with Crippen molar-refractivity contribution in [2.24, 2.45) is 0 Å².